The van der Waals surface area contributed by atoms with Crippen LogP contribution in [-0.4, -0.2) is 11.7 Å². The highest BCUT2D eigenvalue weighted by molar-refractivity contribution is 5.18. The molecule has 0 saturated heterocycles. The molecular formula is C10H18NO. The molecule has 0 aliphatic rings. The van der Waals surface area contributed by atoms with Crippen molar-refractivity contribution < 1.29 is 6.53 Å². The Morgan fingerprint density at radius 1 is 1.33 bits per heavy atom. The summed E-state index contributed by atoms with van der Waals surface area (Å²) in [6.07, 6.45) is 2.39. The predicted octanol–water partition coefficient (Wildman–Crippen LogP) is 2.25. The molecule has 2 nitrogen and oxygen atoms in total. The normalized spacial score (nSPS) is 8.50. The average Bonchev–Trinajstić information content (AvgIpc) is 2.08. The third-order valence-electron chi connectivity index (χ3n) is 1.31. The first kappa shape index (κ1) is 11.0. The summed E-state index contributed by atoms with van der Waals surface area (Å²) in [4.78, 5) is 0. The van der Waals surface area contributed by atoms with Crippen molar-refractivity contribution in [2.45, 2.75) is 19.8 Å². The molecule has 0 aliphatic carbocycles. The lowest BCUT2D eigenvalue weighted by Gasteiger charge is -1.82. The summed E-state index contributed by atoms with van der Waals surface area (Å²) in [5.74, 6) is 0.322. The lowest BCUT2D eigenvalue weighted by molar-refractivity contribution is 0.475. The van der Waals surface area contributed by atoms with E-state index in [0.29, 0.717) is 5.75 Å². The number of aromatic hydroxyl groups is 1. The van der Waals surface area contributed by atoms with Gasteiger partial charge in [-0.2, -0.15) is 0 Å². The van der Waals surface area contributed by atoms with Gasteiger partial charge in [0, 0.05) is 1.43 Å². The minimum atomic E-state index is 0. The van der Waals surface area contributed by atoms with Gasteiger partial charge in [0.2, 0.25) is 0 Å². The quantitative estimate of drug-likeness (QED) is 0.713. The molecule has 3 N–H and O–H groups in total. The molecule has 1 aromatic rings. The fourth-order valence-electron chi connectivity index (χ4n) is 0.632. The third-order valence-corrected chi connectivity index (χ3v) is 1.31. The third kappa shape index (κ3) is 7.09. The molecule has 0 aliphatic heterocycles. The van der Waals surface area contributed by atoms with Gasteiger partial charge in [0.25, 0.3) is 0 Å². The van der Waals surface area contributed by atoms with Crippen molar-refractivity contribution in [3.05, 3.63) is 30.3 Å². The second kappa shape index (κ2) is 8.08. The van der Waals surface area contributed by atoms with E-state index in [9.17, 15) is 0 Å². The minimum Gasteiger partial charge on any atom is -0.508 e. The van der Waals surface area contributed by atoms with Crippen LogP contribution < -0.4 is 5.73 Å². The van der Waals surface area contributed by atoms with Crippen LogP contribution in [0.5, 0.6) is 5.75 Å². The zero-order valence-electron chi connectivity index (χ0n) is 8.53. The summed E-state index contributed by atoms with van der Waals surface area (Å²) in [5, 5.41) is 8.63. The molecule has 0 saturated carbocycles. The number of unbranched alkanes of at least 4 members (excludes halogenated alkanes) is 1. The monoisotopic (exact) mass is 169 g/mol. The summed E-state index contributed by atoms with van der Waals surface area (Å²) in [6.45, 7) is 2.98. The summed E-state index contributed by atoms with van der Waals surface area (Å²) in [6, 6.07) is 8.71. The van der Waals surface area contributed by atoms with E-state index in [0.717, 1.165) is 6.54 Å². The Kier molecular flexibility index (Phi) is 7.39. The van der Waals surface area contributed by atoms with Crippen molar-refractivity contribution in [1.82, 2.24) is 0 Å². The van der Waals surface area contributed by atoms with Crippen molar-refractivity contribution in [2.75, 3.05) is 6.54 Å². The second-order valence-corrected chi connectivity index (χ2v) is 2.48. The van der Waals surface area contributed by atoms with E-state index in [4.69, 9.17) is 10.8 Å². The van der Waals surface area contributed by atoms with E-state index in [-0.39, 0.29) is 1.43 Å². The number of rotatable bonds is 2. The van der Waals surface area contributed by atoms with Crippen LogP contribution in [0.3, 0.4) is 0 Å². The summed E-state index contributed by atoms with van der Waals surface area (Å²) in [7, 11) is 0. The van der Waals surface area contributed by atoms with Gasteiger partial charge < -0.3 is 10.8 Å². The van der Waals surface area contributed by atoms with E-state index >= 15 is 0 Å². The number of para-hydroxylation sites is 1. The molecular weight excluding hydrogens is 150 g/mol. The Morgan fingerprint density at radius 3 is 2.08 bits per heavy atom. The maximum atomic E-state index is 8.63. The maximum absolute atomic E-state index is 8.63. The van der Waals surface area contributed by atoms with Crippen molar-refractivity contribution in [1.29, 1.82) is 0 Å². The molecule has 12 heavy (non-hydrogen) atoms. The average molecular weight is 169 g/mol. The molecule has 0 aromatic heterocycles. The fourth-order valence-corrected chi connectivity index (χ4v) is 0.632. The van der Waals surface area contributed by atoms with Crippen molar-refractivity contribution in [2.24, 2.45) is 5.73 Å². The fraction of sp³-hybridized carbons (Fsp3) is 0.400. The maximum Gasteiger partial charge on any atom is 0.115 e. The molecule has 1 radical (unpaired) electrons. The van der Waals surface area contributed by atoms with E-state index in [1.807, 2.05) is 6.07 Å². The zero-order valence-corrected chi connectivity index (χ0v) is 7.53. The van der Waals surface area contributed by atoms with Gasteiger partial charge in [-0.1, -0.05) is 31.5 Å². The van der Waals surface area contributed by atoms with Crippen LogP contribution in [0.1, 0.15) is 21.2 Å². The number of nitrogens with two attached hydrogens (primary N) is 1. The van der Waals surface area contributed by atoms with Crippen LogP contribution in [0.4, 0.5) is 0 Å². The van der Waals surface area contributed by atoms with Crippen molar-refractivity contribution in [3.8, 4) is 5.75 Å². The van der Waals surface area contributed by atoms with E-state index < -0.39 is 0 Å². The number of benzene rings is 1. The molecule has 69 valence electrons. The molecule has 0 bridgehead atoms. The lowest BCUT2D eigenvalue weighted by atomic mass is 10.3. The molecule has 2 heteroatoms. The Balaban J connectivity index is 0. The van der Waals surface area contributed by atoms with E-state index in [2.05, 4.69) is 6.92 Å². The smallest absolute Gasteiger partial charge is 0.115 e. The van der Waals surface area contributed by atoms with Crippen LogP contribution in [0.15, 0.2) is 30.3 Å². The van der Waals surface area contributed by atoms with Crippen LogP contribution in [0.2, 0.25) is 0 Å². The Bertz CT molecular complexity index is 178. The molecule has 1 aromatic carbocycles. The first-order valence-electron chi connectivity index (χ1n) is 4.25. The molecule has 0 unspecified atom stereocenters. The van der Waals surface area contributed by atoms with E-state index in [1.165, 1.54) is 12.8 Å². The van der Waals surface area contributed by atoms with Crippen LogP contribution in [-0.2, 0) is 0 Å². The summed E-state index contributed by atoms with van der Waals surface area (Å²) >= 11 is 0. The van der Waals surface area contributed by atoms with Gasteiger partial charge in [0.15, 0.2) is 0 Å². The molecule has 0 amide bonds. The van der Waals surface area contributed by atoms with Crippen molar-refractivity contribution >= 4 is 0 Å². The first-order chi connectivity index (χ1) is 5.81. The minimum absolute atomic E-state index is 0. The van der Waals surface area contributed by atoms with E-state index in [1.54, 1.807) is 24.3 Å². The van der Waals surface area contributed by atoms with Gasteiger partial charge in [-0.25, -0.2) is 0 Å². The highest BCUT2D eigenvalue weighted by Gasteiger charge is 1.74. The van der Waals surface area contributed by atoms with Gasteiger partial charge in [-0.05, 0) is 25.1 Å². The van der Waals surface area contributed by atoms with Gasteiger partial charge >= 0.3 is 0 Å². The van der Waals surface area contributed by atoms with Crippen LogP contribution in [0.25, 0.3) is 0 Å². The molecule has 0 atom stereocenters. The highest BCUT2D eigenvalue weighted by atomic mass is 16.3. The number of phenols is 1. The Hall–Kier alpha value is -1.02. The number of phenolic OH excluding ortho intramolecular Hbond substituents is 1. The Morgan fingerprint density at radius 2 is 1.92 bits per heavy atom. The largest absolute Gasteiger partial charge is 0.508 e. The standard InChI is InChI=1S/C6H6O.C4H11N.H/c7-6-4-2-1-3-5-6;1-2-3-4-5;/h1-5,7H;2-5H2,1H3;/i;;1+1. The second-order valence-electron chi connectivity index (χ2n) is 2.48. The van der Waals surface area contributed by atoms with Gasteiger partial charge in [0.1, 0.15) is 5.75 Å². The summed E-state index contributed by atoms with van der Waals surface area (Å²) in [5.41, 5.74) is 5.14. The van der Waals surface area contributed by atoms with Crippen molar-refractivity contribution in [3.63, 3.8) is 0 Å². The molecule has 0 spiro atoms. The zero-order chi connectivity index (χ0) is 9.23. The van der Waals surface area contributed by atoms with Crippen LogP contribution in [0, 0.1) is 0 Å². The Labute approximate surface area is 75.5 Å². The molecule has 1 rings (SSSR count). The number of hydrogen-bond acceptors (Lipinski definition) is 2. The number of hydrogen-bond donors (Lipinski definition) is 2. The van der Waals surface area contributed by atoms with Gasteiger partial charge in [-0.15, -0.1) is 0 Å². The first-order valence-corrected chi connectivity index (χ1v) is 4.25. The summed E-state index contributed by atoms with van der Waals surface area (Å²) < 4.78 is 0. The van der Waals surface area contributed by atoms with Crippen LogP contribution >= 0.6 is 0 Å². The lowest BCUT2D eigenvalue weighted by Crippen LogP contribution is -1.95. The predicted molar refractivity (Wildman–Crippen MR) is 53.2 cm³/mol. The highest BCUT2D eigenvalue weighted by Crippen LogP contribution is 2.02. The SMILES string of the molecule is CCCCN.Oc1ccccc1.[2H]. The van der Waals surface area contributed by atoms with Gasteiger partial charge in [0.05, 0.1) is 0 Å². The van der Waals surface area contributed by atoms with Gasteiger partial charge in [-0.3, -0.25) is 0 Å². The molecule has 0 heterocycles. The topological polar surface area (TPSA) is 46.2 Å². The molecule has 0 fully saturated rings.